The highest BCUT2D eigenvalue weighted by Gasteiger charge is 2.21. The van der Waals surface area contributed by atoms with E-state index in [0.29, 0.717) is 0 Å². The monoisotopic (exact) mass is 184 g/mol. The van der Waals surface area contributed by atoms with Crippen LogP contribution in [0.1, 0.15) is 45.4 Å². The summed E-state index contributed by atoms with van der Waals surface area (Å²) in [5, 5.41) is 12.1. The highest BCUT2D eigenvalue weighted by Crippen LogP contribution is 2.31. The molecule has 2 heteroatoms. The van der Waals surface area contributed by atoms with Gasteiger partial charge in [0, 0.05) is 12.6 Å². The standard InChI is InChI=1S/C11H22NO/c1-2-11(12-8-9-13)10-6-4-3-5-7-10/h10,12-13H,2-9H2,1H3. The van der Waals surface area contributed by atoms with Gasteiger partial charge in [0.2, 0.25) is 0 Å². The van der Waals surface area contributed by atoms with Crippen molar-refractivity contribution < 1.29 is 5.11 Å². The summed E-state index contributed by atoms with van der Waals surface area (Å²) >= 11 is 0. The van der Waals surface area contributed by atoms with Crippen LogP contribution in [0, 0.1) is 12.0 Å². The van der Waals surface area contributed by atoms with Gasteiger partial charge in [-0.3, -0.25) is 0 Å². The summed E-state index contributed by atoms with van der Waals surface area (Å²) in [5.41, 5.74) is 0. The Morgan fingerprint density at radius 3 is 2.54 bits per heavy atom. The van der Waals surface area contributed by atoms with Crippen LogP contribution >= 0.6 is 0 Å². The Bertz CT molecular complexity index is 121. The lowest BCUT2D eigenvalue weighted by Gasteiger charge is -2.29. The van der Waals surface area contributed by atoms with Crippen LogP contribution in [0.15, 0.2) is 0 Å². The molecule has 1 radical (unpaired) electrons. The zero-order valence-electron chi connectivity index (χ0n) is 8.68. The first-order chi connectivity index (χ1) is 6.38. The average Bonchev–Trinajstić information content (AvgIpc) is 2.21. The molecule has 1 rings (SSSR count). The minimum Gasteiger partial charge on any atom is -0.395 e. The largest absolute Gasteiger partial charge is 0.395 e. The topological polar surface area (TPSA) is 32.3 Å². The Labute approximate surface area is 81.7 Å². The van der Waals surface area contributed by atoms with Gasteiger partial charge in [-0.15, -0.1) is 0 Å². The van der Waals surface area contributed by atoms with Crippen molar-refractivity contribution in [3.05, 3.63) is 6.04 Å². The molecule has 1 saturated carbocycles. The molecule has 2 nitrogen and oxygen atoms in total. The molecule has 0 bridgehead atoms. The molecule has 0 atom stereocenters. The van der Waals surface area contributed by atoms with Gasteiger partial charge in [0.1, 0.15) is 0 Å². The molecule has 13 heavy (non-hydrogen) atoms. The first kappa shape index (κ1) is 11.0. The van der Waals surface area contributed by atoms with Crippen molar-refractivity contribution in [1.29, 1.82) is 0 Å². The molecule has 1 aliphatic carbocycles. The van der Waals surface area contributed by atoms with Crippen molar-refractivity contribution in [2.45, 2.75) is 45.4 Å². The van der Waals surface area contributed by atoms with E-state index < -0.39 is 0 Å². The van der Waals surface area contributed by atoms with Gasteiger partial charge < -0.3 is 10.4 Å². The van der Waals surface area contributed by atoms with E-state index in [4.69, 9.17) is 5.11 Å². The number of aliphatic hydroxyl groups is 1. The van der Waals surface area contributed by atoms with E-state index in [-0.39, 0.29) is 6.61 Å². The highest BCUT2D eigenvalue weighted by molar-refractivity contribution is 4.93. The molecule has 0 aromatic heterocycles. The fourth-order valence-electron chi connectivity index (χ4n) is 2.23. The summed E-state index contributed by atoms with van der Waals surface area (Å²) in [6.45, 7) is 3.17. The molecule has 77 valence electrons. The number of rotatable bonds is 5. The van der Waals surface area contributed by atoms with Gasteiger partial charge >= 0.3 is 0 Å². The molecular formula is C11H22NO. The maximum atomic E-state index is 8.73. The summed E-state index contributed by atoms with van der Waals surface area (Å²) in [4.78, 5) is 0. The van der Waals surface area contributed by atoms with Gasteiger partial charge in [0.25, 0.3) is 0 Å². The lowest BCUT2D eigenvalue weighted by atomic mass is 9.83. The summed E-state index contributed by atoms with van der Waals surface area (Å²) < 4.78 is 0. The van der Waals surface area contributed by atoms with Crippen LogP contribution in [0.25, 0.3) is 0 Å². The minimum absolute atomic E-state index is 0.246. The Morgan fingerprint density at radius 2 is 2.00 bits per heavy atom. The molecule has 0 aromatic carbocycles. The predicted octanol–water partition coefficient (Wildman–Crippen LogP) is 2.09. The van der Waals surface area contributed by atoms with Crippen LogP contribution in [0.4, 0.5) is 0 Å². The van der Waals surface area contributed by atoms with Crippen LogP contribution in [0.5, 0.6) is 0 Å². The molecule has 1 fully saturated rings. The maximum Gasteiger partial charge on any atom is 0.0556 e. The molecule has 0 aliphatic heterocycles. The molecule has 0 unspecified atom stereocenters. The fraction of sp³-hybridized carbons (Fsp3) is 0.909. The summed E-state index contributed by atoms with van der Waals surface area (Å²) in [6, 6.07) is 1.47. The first-order valence-electron chi connectivity index (χ1n) is 5.59. The number of hydrogen-bond donors (Lipinski definition) is 2. The molecule has 0 spiro atoms. The van der Waals surface area contributed by atoms with Crippen LogP contribution < -0.4 is 5.32 Å². The smallest absolute Gasteiger partial charge is 0.0556 e. The summed E-state index contributed by atoms with van der Waals surface area (Å²) in [6.07, 6.45) is 7.99. The van der Waals surface area contributed by atoms with Crippen molar-refractivity contribution in [2.24, 2.45) is 5.92 Å². The van der Waals surface area contributed by atoms with E-state index >= 15 is 0 Å². The average molecular weight is 184 g/mol. The molecule has 2 N–H and O–H groups in total. The first-order valence-corrected chi connectivity index (χ1v) is 5.59. The molecule has 0 amide bonds. The quantitative estimate of drug-likeness (QED) is 0.685. The second-order valence-corrected chi connectivity index (χ2v) is 3.86. The predicted molar refractivity (Wildman–Crippen MR) is 55.2 cm³/mol. The molecule has 0 aromatic rings. The maximum absolute atomic E-state index is 8.73. The van der Waals surface area contributed by atoms with E-state index in [1.54, 1.807) is 0 Å². The number of hydrogen-bond acceptors (Lipinski definition) is 2. The van der Waals surface area contributed by atoms with Gasteiger partial charge in [-0.05, 0) is 25.2 Å². The SMILES string of the molecule is CC[C](NCCO)C1CCCCC1. The lowest BCUT2D eigenvalue weighted by Crippen LogP contribution is -2.31. The van der Waals surface area contributed by atoms with Crippen LogP contribution in [-0.4, -0.2) is 18.3 Å². The molecule has 1 aliphatic rings. The van der Waals surface area contributed by atoms with Gasteiger partial charge in [-0.2, -0.15) is 0 Å². The van der Waals surface area contributed by atoms with E-state index in [1.807, 2.05) is 0 Å². The van der Waals surface area contributed by atoms with Crippen LogP contribution in [0.2, 0.25) is 0 Å². The molecule has 0 heterocycles. The second-order valence-electron chi connectivity index (χ2n) is 3.86. The molecular weight excluding hydrogens is 162 g/mol. The Kier molecular flexibility index (Phi) is 5.40. The van der Waals surface area contributed by atoms with Crippen LogP contribution in [-0.2, 0) is 0 Å². The Hall–Kier alpha value is -0.0800. The van der Waals surface area contributed by atoms with Gasteiger partial charge in [0.05, 0.1) is 6.61 Å². The van der Waals surface area contributed by atoms with Crippen molar-refractivity contribution in [3.63, 3.8) is 0 Å². The third kappa shape index (κ3) is 3.65. The minimum atomic E-state index is 0.246. The van der Waals surface area contributed by atoms with Gasteiger partial charge in [0.15, 0.2) is 0 Å². The summed E-state index contributed by atoms with van der Waals surface area (Å²) in [7, 11) is 0. The van der Waals surface area contributed by atoms with E-state index in [9.17, 15) is 0 Å². The highest BCUT2D eigenvalue weighted by atomic mass is 16.3. The van der Waals surface area contributed by atoms with E-state index in [0.717, 1.165) is 18.9 Å². The zero-order valence-corrected chi connectivity index (χ0v) is 8.68. The van der Waals surface area contributed by atoms with Crippen molar-refractivity contribution in [2.75, 3.05) is 13.2 Å². The van der Waals surface area contributed by atoms with Gasteiger partial charge in [-0.25, -0.2) is 0 Å². The van der Waals surface area contributed by atoms with E-state index in [1.165, 1.54) is 38.1 Å². The number of aliphatic hydroxyl groups excluding tert-OH is 1. The Morgan fingerprint density at radius 1 is 1.31 bits per heavy atom. The third-order valence-corrected chi connectivity index (χ3v) is 2.94. The molecule has 0 saturated heterocycles. The third-order valence-electron chi connectivity index (χ3n) is 2.94. The number of nitrogens with one attached hydrogen (secondary N) is 1. The van der Waals surface area contributed by atoms with E-state index in [2.05, 4.69) is 12.2 Å². The fourth-order valence-corrected chi connectivity index (χ4v) is 2.23. The Balaban J connectivity index is 2.26. The van der Waals surface area contributed by atoms with Crippen LogP contribution in [0.3, 0.4) is 0 Å². The van der Waals surface area contributed by atoms with Crippen molar-refractivity contribution in [3.8, 4) is 0 Å². The van der Waals surface area contributed by atoms with Crippen molar-refractivity contribution in [1.82, 2.24) is 5.32 Å². The van der Waals surface area contributed by atoms with Gasteiger partial charge in [-0.1, -0.05) is 26.2 Å². The second kappa shape index (κ2) is 6.39. The zero-order chi connectivity index (χ0) is 9.52. The normalized spacial score (nSPS) is 19.6. The van der Waals surface area contributed by atoms with Crippen molar-refractivity contribution >= 4 is 0 Å². The lowest BCUT2D eigenvalue weighted by molar-refractivity contribution is 0.275. The summed E-state index contributed by atoms with van der Waals surface area (Å²) in [5.74, 6) is 0.783.